The van der Waals surface area contributed by atoms with Crippen LogP contribution in [0, 0.1) is 5.82 Å². The summed E-state index contributed by atoms with van der Waals surface area (Å²) in [7, 11) is 1.68. The van der Waals surface area contributed by atoms with Crippen molar-refractivity contribution in [3.8, 4) is 16.3 Å². The summed E-state index contributed by atoms with van der Waals surface area (Å²) in [6, 6.07) is 4.62. The van der Waals surface area contributed by atoms with E-state index in [9.17, 15) is 9.59 Å². The average molecular weight is 548 g/mol. The molecule has 3 aromatic rings. The van der Waals surface area contributed by atoms with Crippen LogP contribution in [0.4, 0.5) is 15.2 Å². The number of aliphatic imine (C=N–C) groups is 1. The number of carbonyl (C=O) groups excluding carboxylic acids is 2. The highest BCUT2D eigenvalue weighted by molar-refractivity contribution is 7.19. The second-order valence-corrected chi connectivity index (χ2v) is 10.5. The molecule has 0 saturated carbocycles. The monoisotopic (exact) mass is 547 g/mol. The Hall–Kier alpha value is -3.96. The summed E-state index contributed by atoms with van der Waals surface area (Å²) < 4.78 is 17.3. The number of thiazole rings is 1. The minimum Gasteiger partial charge on any atom is -0.325 e. The van der Waals surface area contributed by atoms with Gasteiger partial charge in [-0.25, -0.2) is 14.1 Å². The van der Waals surface area contributed by atoms with Crippen molar-refractivity contribution in [1.29, 1.82) is 0 Å². The van der Waals surface area contributed by atoms with Crippen molar-refractivity contribution in [3.05, 3.63) is 59.7 Å². The maximum Gasteiger partial charge on any atom is 0.238 e. The van der Waals surface area contributed by atoms with Crippen molar-refractivity contribution in [2.24, 2.45) is 4.99 Å². The molecular formula is C28H30FN7O2S. The maximum absolute atomic E-state index is 15.7. The van der Waals surface area contributed by atoms with Crippen molar-refractivity contribution in [1.82, 2.24) is 19.7 Å². The van der Waals surface area contributed by atoms with Crippen LogP contribution in [0.15, 0.2) is 41.9 Å². The minimum atomic E-state index is -0.525. The van der Waals surface area contributed by atoms with Gasteiger partial charge in [-0.2, -0.15) is 5.10 Å². The lowest BCUT2D eigenvalue weighted by molar-refractivity contribution is -0.117. The first-order valence-electron chi connectivity index (χ1n) is 12.8. The van der Waals surface area contributed by atoms with E-state index in [0.29, 0.717) is 35.9 Å². The van der Waals surface area contributed by atoms with E-state index in [0.717, 1.165) is 53.3 Å². The average Bonchev–Trinajstić information content (AvgIpc) is 3.62. The number of hydrogen-bond donors (Lipinski definition) is 2. The molecule has 1 aromatic carbocycles. The Morgan fingerprint density at radius 1 is 1.23 bits per heavy atom. The molecule has 0 radical (unpaired) electrons. The Morgan fingerprint density at radius 3 is 2.72 bits per heavy atom. The molecule has 9 nitrogen and oxygen atoms in total. The summed E-state index contributed by atoms with van der Waals surface area (Å²) in [4.78, 5) is 35.9. The zero-order valence-corrected chi connectivity index (χ0v) is 22.8. The van der Waals surface area contributed by atoms with Gasteiger partial charge in [-0.15, -0.1) is 0 Å². The lowest BCUT2D eigenvalue weighted by Gasteiger charge is -2.16. The summed E-state index contributed by atoms with van der Waals surface area (Å²) in [5, 5.41) is 10.9. The van der Waals surface area contributed by atoms with E-state index in [2.05, 4.69) is 32.1 Å². The Balaban J connectivity index is 1.56. The Labute approximate surface area is 230 Å². The van der Waals surface area contributed by atoms with Crippen molar-refractivity contribution >= 4 is 45.8 Å². The van der Waals surface area contributed by atoms with E-state index in [1.807, 2.05) is 6.08 Å². The first kappa shape index (κ1) is 26.6. The molecule has 0 unspecified atom stereocenters. The SMILES string of the molecule is C=C/C=C(\C=NC)c1nn(-c2ccc(NC(=O)CN3CCCC3)cc2F)c2c1CCc1nc(NC(C)=O)sc1-2. The molecule has 2 aliphatic rings. The van der Waals surface area contributed by atoms with E-state index in [-0.39, 0.29) is 17.5 Å². The molecule has 39 heavy (non-hydrogen) atoms. The molecule has 2 aromatic heterocycles. The number of aromatic nitrogens is 3. The molecule has 5 rings (SSSR count). The van der Waals surface area contributed by atoms with Gasteiger partial charge in [0.05, 0.1) is 28.5 Å². The zero-order chi connectivity index (χ0) is 27.5. The van der Waals surface area contributed by atoms with Gasteiger partial charge in [-0.3, -0.25) is 19.5 Å². The number of nitrogens with one attached hydrogen (secondary N) is 2. The molecule has 202 valence electrons. The summed E-state index contributed by atoms with van der Waals surface area (Å²) in [6.07, 6.45) is 8.67. The number of nitrogens with zero attached hydrogens (tertiary/aromatic N) is 5. The van der Waals surface area contributed by atoms with Gasteiger partial charge < -0.3 is 10.6 Å². The van der Waals surface area contributed by atoms with Gasteiger partial charge in [0.2, 0.25) is 11.8 Å². The number of likely N-dealkylation sites (tertiary alicyclic amines) is 1. The molecule has 1 aliphatic carbocycles. The quantitative estimate of drug-likeness (QED) is 0.319. The summed E-state index contributed by atoms with van der Waals surface area (Å²) >= 11 is 1.34. The van der Waals surface area contributed by atoms with Gasteiger partial charge in [0.25, 0.3) is 0 Å². The van der Waals surface area contributed by atoms with Gasteiger partial charge in [0, 0.05) is 37.0 Å². The minimum absolute atomic E-state index is 0.166. The zero-order valence-electron chi connectivity index (χ0n) is 22.0. The smallest absolute Gasteiger partial charge is 0.238 e. The largest absolute Gasteiger partial charge is 0.325 e. The highest BCUT2D eigenvalue weighted by Gasteiger charge is 2.31. The van der Waals surface area contributed by atoms with Gasteiger partial charge in [0.15, 0.2) is 10.9 Å². The standard InChI is InChI=1S/C28H30FN7O2S/c1-4-7-18(15-30-3)25-20-9-10-22-27(39-28(33-22)31-17(2)37)26(20)36(34-25)23-11-8-19(14-21(23)29)32-24(38)16-35-12-5-6-13-35/h4,7-8,11,14-15H,1,5-6,9-10,12-13,16H2,2-3H3,(H,32,38)(H,31,33,37)/b18-7+,30-15?. The third-order valence-electron chi connectivity index (χ3n) is 6.66. The van der Waals surface area contributed by atoms with Crippen LogP contribution in [0.25, 0.3) is 21.8 Å². The molecule has 11 heteroatoms. The molecular weight excluding hydrogens is 517 g/mol. The van der Waals surface area contributed by atoms with E-state index < -0.39 is 5.82 Å². The topological polar surface area (TPSA) is 105 Å². The number of fused-ring (bicyclic) bond motifs is 3. The number of rotatable bonds is 8. The summed E-state index contributed by atoms with van der Waals surface area (Å²) in [5.41, 5.74) is 4.55. The summed E-state index contributed by atoms with van der Waals surface area (Å²) in [6.45, 7) is 7.35. The van der Waals surface area contributed by atoms with Crippen molar-refractivity contribution in [2.75, 3.05) is 37.3 Å². The van der Waals surface area contributed by atoms with Crippen molar-refractivity contribution in [2.45, 2.75) is 32.6 Å². The van der Waals surface area contributed by atoms with Crippen LogP contribution in [-0.4, -0.2) is 64.4 Å². The number of hydrogen-bond acceptors (Lipinski definition) is 7. The maximum atomic E-state index is 15.7. The van der Waals surface area contributed by atoms with Crippen molar-refractivity contribution in [3.63, 3.8) is 0 Å². The predicted molar refractivity (Wildman–Crippen MR) is 153 cm³/mol. The second-order valence-electron chi connectivity index (χ2n) is 9.51. The number of anilines is 2. The van der Waals surface area contributed by atoms with Crippen LogP contribution in [0.1, 0.15) is 36.7 Å². The van der Waals surface area contributed by atoms with Crippen LogP contribution in [-0.2, 0) is 22.4 Å². The Bertz CT molecular complexity index is 1500. The molecule has 2 N–H and O–H groups in total. The third kappa shape index (κ3) is 5.59. The highest BCUT2D eigenvalue weighted by Crippen LogP contribution is 2.43. The van der Waals surface area contributed by atoms with E-state index in [1.165, 1.54) is 24.3 Å². The van der Waals surface area contributed by atoms with Crippen LogP contribution in [0.3, 0.4) is 0 Å². The van der Waals surface area contributed by atoms with Crippen LogP contribution in [0.2, 0.25) is 0 Å². The fourth-order valence-electron chi connectivity index (χ4n) is 5.03. The third-order valence-corrected chi connectivity index (χ3v) is 7.68. The van der Waals surface area contributed by atoms with Gasteiger partial charge in [0.1, 0.15) is 5.69 Å². The molecule has 1 aliphatic heterocycles. The predicted octanol–water partition coefficient (Wildman–Crippen LogP) is 4.50. The fourth-order valence-corrected chi connectivity index (χ4v) is 6.15. The molecule has 0 spiro atoms. The summed E-state index contributed by atoms with van der Waals surface area (Å²) in [5.74, 6) is -0.900. The number of benzene rings is 1. The van der Waals surface area contributed by atoms with Crippen LogP contribution < -0.4 is 10.6 Å². The number of allylic oxidation sites excluding steroid dienone is 3. The molecule has 1 saturated heterocycles. The van der Waals surface area contributed by atoms with Crippen molar-refractivity contribution < 1.29 is 14.0 Å². The first-order chi connectivity index (χ1) is 18.9. The first-order valence-corrected chi connectivity index (χ1v) is 13.7. The Morgan fingerprint density at radius 2 is 2.03 bits per heavy atom. The molecule has 3 heterocycles. The van der Waals surface area contributed by atoms with E-state index >= 15 is 4.39 Å². The number of amides is 2. The van der Waals surface area contributed by atoms with Gasteiger partial charge >= 0.3 is 0 Å². The van der Waals surface area contributed by atoms with Gasteiger partial charge in [-0.05, 0) is 57.0 Å². The highest BCUT2D eigenvalue weighted by atomic mass is 32.1. The molecule has 0 atom stereocenters. The molecule has 0 bridgehead atoms. The lowest BCUT2D eigenvalue weighted by Crippen LogP contribution is -2.30. The number of carbonyl (C=O) groups is 2. The number of halogens is 1. The molecule has 2 amide bonds. The fraction of sp³-hybridized carbons (Fsp3) is 0.321. The Kier molecular flexibility index (Phi) is 7.80. The lowest BCUT2D eigenvalue weighted by atomic mass is 9.95. The van der Waals surface area contributed by atoms with Gasteiger partial charge in [-0.1, -0.05) is 30.1 Å². The van der Waals surface area contributed by atoms with E-state index in [4.69, 9.17) is 5.10 Å². The normalized spacial score (nSPS) is 15.3. The van der Waals surface area contributed by atoms with Crippen LogP contribution in [0.5, 0.6) is 0 Å². The van der Waals surface area contributed by atoms with E-state index in [1.54, 1.807) is 36.2 Å². The molecule has 1 fully saturated rings. The second kappa shape index (κ2) is 11.4. The van der Waals surface area contributed by atoms with Crippen LogP contribution >= 0.6 is 11.3 Å². The number of aryl methyl sites for hydroxylation is 1.